The van der Waals surface area contributed by atoms with E-state index in [4.69, 9.17) is 21.1 Å². The Morgan fingerprint density at radius 1 is 1.00 bits per heavy atom. The fourth-order valence-corrected chi connectivity index (χ4v) is 4.58. The van der Waals surface area contributed by atoms with Crippen molar-refractivity contribution in [2.75, 3.05) is 18.1 Å². The molecule has 4 rings (SSSR count). The van der Waals surface area contributed by atoms with Crippen molar-refractivity contribution in [1.82, 2.24) is 0 Å². The third-order valence-corrected chi connectivity index (χ3v) is 6.40. The summed E-state index contributed by atoms with van der Waals surface area (Å²) in [6.07, 6.45) is 0. The van der Waals surface area contributed by atoms with E-state index >= 15 is 0 Å². The van der Waals surface area contributed by atoms with E-state index in [1.54, 1.807) is 49.4 Å². The van der Waals surface area contributed by atoms with Gasteiger partial charge in [0.15, 0.2) is 0 Å². The van der Waals surface area contributed by atoms with Gasteiger partial charge in [0, 0.05) is 11.3 Å². The van der Waals surface area contributed by atoms with Gasteiger partial charge in [0.1, 0.15) is 11.5 Å². The highest BCUT2D eigenvalue weighted by Gasteiger charge is 2.47. The van der Waals surface area contributed by atoms with Gasteiger partial charge in [-0.05, 0) is 68.3 Å². The second-order valence-electron chi connectivity index (χ2n) is 8.37. The third kappa shape index (κ3) is 4.95. The molecule has 7 nitrogen and oxygen atoms in total. The number of ketones is 1. The lowest BCUT2D eigenvalue weighted by atomic mass is 9.92. The van der Waals surface area contributed by atoms with Crippen LogP contribution in [-0.2, 0) is 14.3 Å². The summed E-state index contributed by atoms with van der Waals surface area (Å²) in [7, 11) is 0. The van der Waals surface area contributed by atoms with Crippen LogP contribution in [0.1, 0.15) is 46.9 Å². The summed E-state index contributed by atoms with van der Waals surface area (Å²) >= 11 is 6.41. The van der Waals surface area contributed by atoms with Crippen molar-refractivity contribution in [3.05, 3.63) is 99.6 Å². The van der Waals surface area contributed by atoms with Crippen molar-refractivity contribution in [3.63, 3.8) is 0 Å². The number of anilines is 1. The van der Waals surface area contributed by atoms with E-state index in [0.29, 0.717) is 23.6 Å². The number of nitrogens with zero attached hydrogens (tertiary/aromatic N) is 1. The summed E-state index contributed by atoms with van der Waals surface area (Å²) in [5.41, 5.74) is 2.05. The number of aliphatic hydroxyl groups is 1. The van der Waals surface area contributed by atoms with E-state index in [1.165, 1.54) is 17.0 Å². The van der Waals surface area contributed by atoms with Crippen LogP contribution in [0.5, 0.6) is 5.75 Å². The van der Waals surface area contributed by atoms with Gasteiger partial charge in [-0.25, -0.2) is 4.79 Å². The number of benzene rings is 3. The maximum Gasteiger partial charge on any atom is 0.338 e. The number of aliphatic hydroxyl groups excluding tert-OH is 1. The number of rotatable bonds is 7. The maximum absolute atomic E-state index is 13.5. The Bertz CT molecular complexity index is 1410. The predicted molar refractivity (Wildman–Crippen MR) is 141 cm³/mol. The second kappa shape index (κ2) is 10.9. The Morgan fingerprint density at radius 2 is 1.76 bits per heavy atom. The first-order valence-corrected chi connectivity index (χ1v) is 12.2. The summed E-state index contributed by atoms with van der Waals surface area (Å²) in [6, 6.07) is 17.4. The van der Waals surface area contributed by atoms with Crippen LogP contribution < -0.4 is 9.64 Å². The molecule has 0 bridgehead atoms. The predicted octanol–water partition coefficient (Wildman–Crippen LogP) is 5.85. The third-order valence-electron chi connectivity index (χ3n) is 6.07. The number of amides is 1. The minimum Gasteiger partial charge on any atom is -0.507 e. The molecular weight excluding hydrogens is 494 g/mol. The number of hydrogen-bond acceptors (Lipinski definition) is 6. The van der Waals surface area contributed by atoms with E-state index in [1.807, 2.05) is 26.0 Å². The number of ether oxygens (including phenoxy) is 2. The van der Waals surface area contributed by atoms with Crippen molar-refractivity contribution >= 4 is 40.7 Å². The number of halogens is 1. The molecule has 37 heavy (non-hydrogen) atoms. The molecule has 1 aliphatic rings. The van der Waals surface area contributed by atoms with Gasteiger partial charge >= 0.3 is 5.97 Å². The molecule has 1 amide bonds. The highest BCUT2D eigenvalue weighted by atomic mass is 35.5. The molecule has 0 saturated carbocycles. The molecule has 3 aromatic rings. The fraction of sp³-hybridized carbons (Fsp3) is 0.207. The van der Waals surface area contributed by atoms with E-state index in [2.05, 4.69) is 0 Å². The first kappa shape index (κ1) is 26.0. The van der Waals surface area contributed by atoms with Crippen molar-refractivity contribution in [1.29, 1.82) is 0 Å². The van der Waals surface area contributed by atoms with Crippen LogP contribution in [0.3, 0.4) is 0 Å². The zero-order chi connectivity index (χ0) is 26.7. The average Bonchev–Trinajstić information content (AvgIpc) is 3.15. The fourth-order valence-electron chi connectivity index (χ4n) is 4.37. The van der Waals surface area contributed by atoms with Gasteiger partial charge in [-0.15, -0.1) is 0 Å². The summed E-state index contributed by atoms with van der Waals surface area (Å²) in [5, 5.41) is 11.6. The van der Waals surface area contributed by atoms with Crippen molar-refractivity contribution in [3.8, 4) is 5.75 Å². The monoisotopic (exact) mass is 519 g/mol. The molecular formula is C29H26ClNO6. The van der Waals surface area contributed by atoms with Crippen molar-refractivity contribution < 1.29 is 29.0 Å². The van der Waals surface area contributed by atoms with Crippen LogP contribution in [-0.4, -0.2) is 36.0 Å². The van der Waals surface area contributed by atoms with Gasteiger partial charge < -0.3 is 14.6 Å². The van der Waals surface area contributed by atoms with Gasteiger partial charge in [0.05, 0.1) is 35.4 Å². The Kier molecular flexibility index (Phi) is 7.64. The summed E-state index contributed by atoms with van der Waals surface area (Å²) in [4.78, 5) is 40.6. The average molecular weight is 520 g/mol. The Labute approximate surface area is 219 Å². The number of carbonyl (C=O) groups excluding carboxylic acids is 3. The number of Topliss-reactive ketones (excluding diaryl/α,β-unsaturated/α-hetero) is 1. The topological polar surface area (TPSA) is 93.1 Å². The van der Waals surface area contributed by atoms with Crippen molar-refractivity contribution in [2.45, 2.75) is 26.8 Å². The zero-order valence-corrected chi connectivity index (χ0v) is 21.4. The van der Waals surface area contributed by atoms with Crippen LogP contribution in [0.4, 0.5) is 5.69 Å². The summed E-state index contributed by atoms with van der Waals surface area (Å²) in [5.74, 6) is -2.22. The molecule has 0 aliphatic carbocycles. The minimum atomic E-state index is -0.967. The van der Waals surface area contributed by atoms with Crippen molar-refractivity contribution in [2.24, 2.45) is 0 Å². The zero-order valence-electron chi connectivity index (χ0n) is 20.7. The first-order valence-electron chi connectivity index (χ1n) is 11.8. The minimum absolute atomic E-state index is 0.114. The van der Waals surface area contributed by atoms with Gasteiger partial charge in [0.25, 0.3) is 11.7 Å². The van der Waals surface area contributed by atoms with Gasteiger partial charge in [-0.2, -0.15) is 0 Å². The highest BCUT2D eigenvalue weighted by molar-refractivity contribution is 6.52. The molecule has 0 radical (unpaired) electrons. The molecule has 1 saturated heterocycles. The molecule has 3 aromatic carbocycles. The Hall–Kier alpha value is -4.10. The van der Waals surface area contributed by atoms with Gasteiger partial charge in [-0.1, -0.05) is 41.9 Å². The number of aryl methyl sites for hydroxylation is 1. The Morgan fingerprint density at radius 3 is 2.46 bits per heavy atom. The Balaban J connectivity index is 1.95. The van der Waals surface area contributed by atoms with Gasteiger partial charge in [-0.3, -0.25) is 14.5 Å². The molecule has 1 fully saturated rings. The highest BCUT2D eigenvalue weighted by Crippen LogP contribution is 2.44. The molecule has 1 heterocycles. The first-order chi connectivity index (χ1) is 17.8. The van der Waals surface area contributed by atoms with E-state index in [0.717, 1.165) is 5.56 Å². The lowest BCUT2D eigenvalue weighted by Crippen LogP contribution is -2.30. The molecule has 1 N–H and O–H groups in total. The van der Waals surface area contributed by atoms with Crippen LogP contribution in [0.25, 0.3) is 5.76 Å². The normalized spacial score (nSPS) is 16.6. The van der Waals surface area contributed by atoms with E-state index in [-0.39, 0.29) is 28.3 Å². The number of hydrogen-bond donors (Lipinski definition) is 1. The maximum atomic E-state index is 13.5. The summed E-state index contributed by atoms with van der Waals surface area (Å²) < 4.78 is 10.6. The van der Waals surface area contributed by atoms with Crippen LogP contribution in [0.15, 0.2) is 72.3 Å². The quantitative estimate of drug-likeness (QED) is 0.182. The molecule has 0 spiro atoms. The molecule has 1 unspecified atom stereocenters. The second-order valence-corrected chi connectivity index (χ2v) is 8.78. The molecule has 1 aliphatic heterocycles. The molecule has 190 valence electrons. The standard InChI is InChI=1S/C29H26ClNO6/c1-4-36-20-13-14-23(30)22(16-20)26(32)24-25(21-12-7-6-9-17(21)3)31(28(34)27(24)33)19-11-8-10-18(15-19)29(35)37-5-2/h6-16,25,32H,4-5H2,1-3H3/b26-24+. The SMILES string of the molecule is CCOC(=O)c1cccc(N2C(=O)C(=O)/C(=C(/O)c3cc(OCC)ccc3Cl)C2c2ccccc2C)c1. The van der Waals surface area contributed by atoms with E-state index < -0.39 is 29.5 Å². The number of esters is 1. The number of carbonyl (C=O) groups is 3. The lowest BCUT2D eigenvalue weighted by Gasteiger charge is -2.27. The smallest absolute Gasteiger partial charge is 0.338 e. The summed E-state index contributed by atoms with van der Waals surface area (Å²) in [6.45, 7) is 5.96. The largest absolute Gasteiger partial charge is 0.507 e. The van der Waals surface area contributed by atoms with E-state index in [9.17, 15) is 19.5 Å². The van der Waals surface area contributed by atoms with Crippen LogP contribution in [0.2, 0.25) is 5.02 Å². The van der Waals surface area contributed by atoms with Gasteiger partial charge in [0.2, 0.25) is 0 Å². The van der Waals surface area contributed by atoms with Crippen LogP contribution in [0, 0.1) is 6.92 Å². The molecule has 0 aromatic heterocycles. The molecule has 1 atom stereocenters. The molecule has 8 heteroatoms. The van der Waals surface area contributed by atoms with Crippen LogP contribution >= 0.6 is 11.6 Å². The lowest BCUT2D eigenvalue weighted by molar-refractivity contribution is -0.132.